The number of ether oxygens (including phenoxy) is 2. The highest BCUT2D eigenvalue weighted by Gasteiger charge is 2.32. The van der Waals surface area contributed by atoms with Gasteiger partial charge in [-0.25, -0.2) is 9.78 Å². The number of oxazole rings is 1. The molecular weight excluding hydrogens is 391 g/mol. The molecule has 0 saturated carbocycles. The van der Waals surface area contributed by atoms with Crippen LogP contribution in [0.4, 0.5) is 18.0 Å². The second kappa shape index (κ2) is 8.63. The van der Waals surface area contributed by atoms with Crippen molar-refractivity contribution in [2.45, 2.75) is 19.7 Å². The van der Waals surface area contributed by atoms with E-state index in [0.29, 0.717) is 24.1 Å². The fraction of sp³-hybridized carbons (Fsp3) is 0.211. The summed E-state index contributed by atoms with van der Waals surface area (Å²) in [4.78, 5) is 19.8. The number of halogens is 3. The first-order valence-corrected chi connectivity index (χ1v) is 8.56. The van der Waals surface area contributed by atoms with E-state index < -0.39 is 18.2 Å². The lowest BCUT2D eigenvalue weighted by molar-refractivity contribution is -0.274. The Kier molecular flexibility index (Phi) is 6.01. The zero-order chi connectivity index (χ0) is 20.9. The molecule has 152 valence electrons. The molecule has 3 aromatic rings. The molecule has 0 unspecified atom stereocenters. The number of carbonyl (C=O) groups excluding carboxylic acids is 1. The molecule has 0 atom stereocenters. The van der Waals surface area contributed by atoms with E-state index >= 15 is 0 Å². The van der Waals surface area contributed by atoms with Crippen LogP contribution in [0.5, 0.6) is 11.5 Å². The van der Waals surface area contributed by atoms with E-state index in [0.717, 1.165) is 6.07 Å². The number of nitrogens with one attached hydrogen (secondary N) is 1. The van der Waals surface area contributed by atoms with Crippen LogP contribution in [-0.2, 0) is 0 Å². The fourth-order valence-corrected chi connectivity index (χ4v) is 2.45. The molecule has 0 aliphatic rings. The summed E-state index contributed by atoms with van der Waals surface area (Å²) in [6.45, 7) is 2.28. The van der Waals surface area contributed by atoms with Crippen molar-refractivity contribution in [3.63, 3.8) is 0 Å². The molecule has 0 bridgehead atoms. The number of carbonyl (C=O) groups is 1. The van der Waals surface area contributed by atoms with E-state index in [1.54, 1.807) is 6.07 Å². The zero-order valence-corrected chi connectivity index (χ0v) is 15.2. The molecule has 29 heavy (non-hydrogen) atoms. The third-order valence-corrected chi connectivity index (χ3v) is 3.64. The quantitative estimate of drug-likeness (QED) is 0.632. The Morgan fingerprint density at radius 2 is 2.00 bits per heavy atom. The predicted molar refractivity (Wildman–Crippen MR) is 96.2 cm³/mol. The highest BCUT2D eigenvalue weighted by molar-refractivity contribution is 5.76. The monoisotopic (exact) mass is 407 g/mol. The molecule has 3 rings (SSSR count). The van der Waals surface area contributed by atoms with E-state index in [-0.39, 0.29) is 17.2 Å². The van der Waals surface area contributed by atoms with Gasteiger partial charge in [-0.05, 0) is 30.7 Å². The van der Waals surface area contributed by atoms with Gasteiger partial charge in [0.1, 0.15) is 17.8 Å². The third-order valence-electron chi connectivity index (χ3n) is 3.64. The molecule has 7 nitrogen and oxygen atoms in total. The van der Waals surface area contributed by atoms with Gasteiger partial charge in [-0.2, -0.15) is 0 Å². The van der Waals surface area contributed by atoms with Crippen molar-refractivity contribution < 1.29 is 31.9 Å². The molecule has 1 N–H and O–H groups in total. The van der Waals surface area contributed by atoms with Crippen molar-refractivity contribution in [2.75, 3.05) is 6.54 Å². The van der Waals surface area contributed by atoms with Gasteiger partial charge < -0.3 is 19.2 Å². The van der Waals surface area contributed by atoms with E-state index in [1.165, 1.54) is 37.0 Å². The second-order valence-corrected chi connectivity index (χ2v) is 5.82. The summed E-state index contributed by atoms with van der Waals surface area (Å²) in [5, 5.41) is 2.52. The lowest BCUT2D eigenvalue weighted by atomic mass is 10.0. The number of hydrogen-bond acceptors (Lipinski definition) is 6. The molecular formula is C19H16F3N3O4. The fourth-order valence-electron chi connectivity index (χ4n) is 2.45. The van der Waals surface area contributed by atoms with Crippen LogP contribution in [-0.4, -0.2) is 29.0 Å². The van der Waals surface area contributed by atoms with Crippen molar-refractivity contribution in [2.24, 2.45) is 0 Å². The molecule has 2 aromatic heterocycles. The van der Waals surface area contributed by atoms with Crippen LogP contribution in [0.25, 0.3) is 22.6 Å². The smallest absolute Gasteiger partial charge is 0.444 e. The minimum Gasteiger partial charge on any atom is -0.444 e. The van der Waals surface area contributed by atoms with Gasteiger partial charge in [0.2, 0.25) is 5.89 Å². The molecule has 1 aromatic carbocycles. The van der Waals surface area contributed by atoms with E-state index in [4.69, 9.17) is 9.15 Å². The Balaban J connectivity index is 1.98. The molecule has 10 heteroatoms. The van der Waals surface area contributed by atoms with Gasteiger partial charge in [0.15, 0.2) is 0 Å². The van der Waals surface area contributed by atoms with Gasteiger partial charge in [0.05, 0.1) is 11.8 Å². The second-order valence-electron chi connectivity index (χ2n) is 5.82. The maximum atomic E-state index is 12.8. The van der Waals surface area contributed by atoms with Crippen LogP contribution >= 0.6 is 0 Å². The summed E-state index contributed by atoms with van der Waals surface area (Å²) >= 11 is 0. The third kappa shape index (κ3) is 5.47. The molecule has 1 amide bonds. The maximum absolute atomic E-state index is 12.8. The van der Waals surface area contributed by atoms with Crippen LogP contribution in [0.2, 0.25) is 0 Å². The van der Waals surface area contributed by atoms with Crippen LogP contribution in [0.3, 0.4) is 0 Å². The summed E-state index contributed by atoms with van der Waals surface area (Å²) in [7, 11) is 0. The minimum absolute atomic E-state index is 0.0315. The highest BCUT2D eigenvalue weighted by Crippen LogP contribution is 2.37. The summed E-state index contributed by atoms with van der Waals surface area (Å²) in [5.74, 6) is -0.168. The number of nitrogens with zero attached hydrogens (tertiary/aromatic N) is 2. The Morgan fingerprint density at radius 1 is 1.21 bits per heavy atom. The van der Waals surface area contributed by atoms with Crippen LogP contribution in [0, 0.1) is 0 Å². The van der Waals surface area contributed by atoms with Crippen LogP contribution < -0.4 is 14.8 Å². The number of hydrogen-bond donors (Lipinski definition) is 1. The lowest BCUT2D eigenvalue weighted by Gasteiger charge is -2.15. The summed E-state index contributed by atoms with van der Waals surface area (Å²) in [5.41, 5.74) is 0.779. The van der Waals surface area contributed by atoms with Crippen molar-refractivity contribution >= 4 is 6.09 Å². The van der Waals surface area contributed by atoms with Gasteiger partial charge in [0, 0.05) is 30.1 Å². The van der Waals surface area contributed by atoms with Crippen LogP contribution in [0.1, 0.15) is 13.3 Å². The van der Waals surface area contributed by atoms with Gasteiger partial charge in [0.25, 0.3) is 0 Å². The first-order chi connectivity index (χ1) is 13.9. The van der Waals surface area contributed by atoms with Gasteiger partial charge in [-0.15, -0.1) is 13.2 Å². The lowest BCUT2D eigenvalue weighted by Crippen LogP contribution is -2.27. The molecule has 0 spiro atoms. The molecule has 0 radical (unpaired) electrons. The van der Waals surface area contributed by atoms with Crippen molar-refractivity contribution in [1.82, 2.24) is 15.3 Å². The van der Waals surface area contributed by atoms with Crippen molar-refractivity contribution in [3.05, 3.63) is 49.1 Å². The number of pyridine rings is 1. The number of alkyl halides is 3. The number of benzene rings is 1. The minimum atomic E-state index is -4.90. The highest BCUT2D eigenvalue weighted by atomic mass is 19.4. The normalized spacial score (nSPS) is 11.2. The first kappa shape index (κ1) is 20.2. The Hall–Kier alpha value is -3.56. The molecule has 0 aliphatic carbocycles. The van der Waals surface area contributed by atoms with Gasteiger partial charge >= 0.3 is 12.5 Å². The average Bonchev–Trinajstić information content (AvgIpc) is 3.21. The summed E-state index contributed by atoms with van der Waals surface area (Å²) < 4.78 is 52.9. The predicted octanol–water partition coefficient (Wildman–Crippen LogP) is 4.80. The van der Waals surface area contributed by atoms with Gasteiger partial charge in [-0.1, -0.05) is 6.92 Å². The molecule has 0 saturated heterocycles. The van der Waals surface area contributed by atoms with Crippen molar-refractivity contribution in [3.8, 4) is 34.1 Å². The van der Waals surface area contributed by atoms with Gasteiger partial charge in [-0.3, -0.25) is 4.98 Å². The Labute approximate surface area is 163 Å². The molecule has 0 aliphatic heterocycles. The zero-order valence-electron chi connectivity index (χ0n) is 15.2. The van der Waals surface area contributed by atoms with Crippen LogP contribution in [0.15, 0.2) is 53.5 Å². The largest absolute Gasteiger partial charge is 0.573 e. The first-order valence-electron chi connectivity index (χ1n) is 8.56. The standard InChI is InChI=1S/C19H16F3N3O4/c1-2-5-25-18(26)28-14-3-4-16(29-19(20,21)22)15(9-14)12-8-13(11-23-10-12)17-24-6-7-27-17/h3-4,6-11H,2,5H2,1H3,(H,25,26). The van der Waals surface area contributed by atoms with Crippen molar-refractivity contribution in [1.29, 1.82) is 0 Å². The Bertz CT molecular complexity index is 975. The number of amides is 1. The molecule has 0 fully saturated rings. The number of rotatable bonds is 6. The average molecular weight is 407 g/mol. The van der Waals surface area contributed by atoms with E-state index in [1.807, 2.05) is 6.92 Å². The molecule has 2 heterocycles. The topological polar surface area (TPSA) is 86.5 Å². The number of aromatic nitrogens is 2. The maximum Gasteiger partial charge on any atom is 0.573 e. The summed E-state index contributed by atoms with van der Waals surface area (Å²) in [6.07, 6.45) is 0.701. The van der Waals surface area contributed by atoms with E-state index in [2.05, 4.69) is 20.0 Å². The summed E-state index contributed by atoms with van der Waals surface area (Å²) in [6, 6.07) is 5.09. The SMILES string of the molecule is CCCNC(=O)Oc1ccc(OC(F)(F)F)c(-c2cncc(-c3ncco3)c2)c1. The Morgan fingerprint density at radius 3 is 2.69 bits per heavy atom. The van der Waals surface area contributed by atoms with E-state index in [9.17, 15) is 18.0 Å².